The summed E-state index contributed by atoms with van der Waals surface area (Å²) < 4.78 is 5.59. The molecule has 15 heavy (non-hydrogen) atoms. The third kappa shape index (κ3) is 3.74. The van der Waals surface area contributed by atoms with E-state index in [1.165, 1.54) is 25.8 Å². The number of ether oxygens (including phenoxy) is 1. The van der Waals surface area contributed by atoms with Crippen LogP contribution in [0, 0.1) is 5.92 Å². The van der Waals surface area contributed by atoms with Crippen molar-refractivity contribution in [2.45, 2.75) is 38.3 Å². The zero-order chi connectivity index (χ0) is 10.7. The summed E-state index contributed by atoms with van der Waals surface area (Å²) in [5, 5.41) is 3.57. The minimum absolute atomic E-state index is 0.675. The topological polar surface area (TPSA) is 24.5 Å². The molecule has 3 heteroatoms. The molecule has 3 nitrogen and oxygen atoms in total. The van der Waals surface area contributed by atoms with Crippen LogP contribution in [0.4, 0.5) is 0 Å². The quantitative estimate of drug-likeness (QED) is 0.667. The first-order valence-corrected chi connectivity index (χ1v) is 6.27. The number of rotatable bonds is 6. The lowest BCUT2D eigenvalue weighted by atomic mass is 10.2. The van der Waals surface area contributed by atoms with Crippen molar-refractivity contribution >= 4 is 0 Å². The second-order valence-electron chi connectivity index (χ2n) is 5.19. The van der Waals surface area contributed by atoms with Gasteiger partial charge in [0, 0.05) is 31.8 Å². The SMILES string of the molecule is CC1CC(NCCOCC2CC2)CN1C. The van der Waals surface area contributed by atoms with Gasteiger partial charge in [-0.25, -0.2) is 0 Å². The van der Waals surface area contributed by atoms with Crippen LogP contribution < -0.4 is 5.32 Å². The molecule has 1 saturated heterocycles. The molecule has 2 rings (SSSR count). The van der Waals surface area contributed by atoms with Crippen LogP contribution in [0.15, 0.2) is 0 Å². The maximum atomic E-state index is 5.59. The lowest BCUT2D eigenvalue weighted by Crippen LogP contribution is -2.34. The van der Waals surface area contributed by atoms with Crippen molar-refractivity contribution in [1.29, 1.82) is 0 Å². The van der Waals surface area contributed by atoms with Crippen LogP contribution in [0.1, 0.15) is 26.2 Å². The molecular formula is C12H24N2O. The summed E-state index contributed by atoms with van der Waals surface area (Å²) in [5.74, 6) is 0.891. The summed E-state index contributed by atoms with van der Waals surface area (Å²) in [5.41, 5.74) is 0. The van der Waals surface area contributed by atoms with Crippen molar-refractivity contribution in [1.82, 2.24) is 10.2 Å². The van der Waals surface area contributed by atoms with Crippen LogP contribution in [0.25, 0.3) is 0 Å². The summed E-state index contributed by atoms with van der Waals surface area (Å²) >= 11 is 0. The molecule has 1 heterocycles. The van der Waals surface area contributed by atoms with E-state index >= 15 is 0 Å². The van der Waals surface area contributed by atoms with Crippen molar-refractivity contribution < 1.29 is 4.74 Å². The first-order chi connectivity index (χ1) is 7.25. The number of hydrogen-bond donors (Lipinski definition) is 1. The van der Waals surface area contributed by atoms with Crippen molar-refractivity contribution in [3.63, 3.8) is 0 Å². The minimum atomic E-state index is 0.675. The molecular weight excluding hydrogens is 188 g/mol. The molecule has 2 fully saturated rings. The Morgan fingerprint density at radius 3 is 2.80 bits per heavy atom. The largest absolute Gasteiger partial charge is 0.380 e. The highest BCUT2D eigenvalue weighted by Gasteiger charge is 2.25. The average molecular weight is 212 g/mol. The first kappa shape index (κ1) is 11.4. The maximum absolute atomic E-state index is 5.59. The van der Waals surface area contributed by atoms with Gasteiger partial charge in [0.1, 0.15) is 0 Å². The normalized spacial score (nSPS) is 32.4. The lowest BCUT2D eigenvalue weighted by Gasteiger charge is -2.13. The van der Waals surface area contributed by atoms with Gasteiger partial charge in [-0.1, -0.05) is 0 Å². The summed E-state index contributed by atoms with van der Waals surface area (Å²) in [7, 11) is 2.20. The van der Waals surface area contributed by atoms with Crippen molar-refractivity contribution in [2.75, 3.05) is 33.4 Å². The Morgan fingerprint density at radius 2 is 2.20 bits per heavy atom. The zero-order valence-corrected chi connectivity index (χ0v) is 10.0. The van der Waals surface area contributed by atoms with Gasteiger partial charge in [-0.15, -0.1) is 0 Å². The molecule has 2 atom stereocenters. The number of likely N-dealkylation sites (tertiary alicyclic amines) is 1. The van der Waals surface area contributed by atoms with E-state index in [0.717, 1.165) is 31.7 Å². The van der Waals surface area contributed by atoms with Crippen LogP contribution in [-0.4, -0.2) is 50.3 Å². The molecule has 0 spiro atoms. The molecule has 1 aliphatic carbocycles. The molecule has 1 aliphatic heterocycles. The molecule has 0 aromatic heterocycles. The van der Waals surface area contributed by atoms with Gasteiger partial charge < -0.3 is 15.0 Å². The van der Waals surface area contributed by atoms with Crippen molar-refractivity contribution in [3.05, 3.63) is 0 Å². The molecule has 2 aliphatic rings. The molecule has 0 radical (unpaired) electrons. The molecule has 88 valence electrons. The van der Waals surface area contributed by atoms with Gasteiger partial charge in [0.2, 0.25) is 0 Å². The number of likely N-dealkylation sites (N-methyl/N-ethyl adjacent to an activating group) is 1. The van der Waals surface area contributed by atoms with E-state index in [2.05, 4.69) is 24.2 Å². The second-order valence-corrected chi connectivity index (χ2v) is 5.19. The average Bonchev–Trinajstić information content (AvgIpc) is 2.95. The van der Waals surface area contributed by atoms with Gasteiger partial charge in [0.15, 0.2) is 0 Å². The predicted octanol–water partition coefficient (Wildman–Crippen LogP) is 1.10. The van der Waals surface area contributed by atoms with E-state index in [9.17, 15) is 0 Å². The van der Waals surface area contributed by atoms with Crippen LogP contribution in [0.3, 0.4) is 0 Å². The van der Waals surface area contributed by atoms with Crippen molar-refractivity contribution in [2.24, 2.45) is 5.92 Å². The van der Waals surface area contributed by atoms with E-state index in [-0.39, 0.29) is 0 Å². The predicted molar refractivity (Wildman–Crippen MR) is 62.0 cm³/mol. The van der Waals surface area contributed by atoms with Crippen LogP contribution in [0.5, 0.6) is 0 Å². The van der Waals surface area contributed by atoms with Crippen LogP contribution >= 0.6 is 0 Å². The summed E-state index contributed by atoms with van der Waals surface area (Å²) in [6, 6.07) is 1.41. The molecule has 1 N–H and O–H groups in total. The highest BCUT2D eigenvalue weighted by atomic mass is 16.5. The van der Waals surface area contributed by atoms with E-state index < -0.39 is 0 Å². The highest BCUT2D eigenvalue weighted by molar-refractivity contribution is 4.84. The van der Waals surface area contributed by atoms with E-state index in [0.29, 0.717) is 6.04 Å². The Balaban J connectivity index is 1.47. The Kier molecular flexibility index (Phi) is 4.00. The van der Waals surface area contributed by atoms with E-state index in [1.54, 1.807) is 0 Å². The number of nitrogens with one attached hydrogen (secondary N) is 1. The van der Waals surface area contributed by atoms with Crippen molar-refractivity contribution in [3.8, 4) is 0 Å². The van der Waals surface area contributed by atoms with Gasteiger partial charge in [0.25, 0.3) is 0 Å². The fourth-order valence-electron chi connectivity index (χ4n) is 2.21. The van der Waals surface area contributed by atoms with Gasteiger partial charge in [-0.05, 0) is 39.2 Å². The number of hydrogen-bond acceptors (Lipinski definition) is 3. The third-order valence-electron chi connectivity index (χ3n) is 3.62. The summed E-state index contributed by atoms with van der Waals surface area (Å²) in [4.78, 5) is 2.42. The molecule has 0 bridgehead atoms. The summed E-state index contributed by atoms with van der Waals surface area (Å²) in [6.07, 6.45) is 4.05. The summed E-state index contributed by atoms with van der Waals surface area (Å²) in [6.45, 7) is 6.36. The Hall–Kier alpha value is -0.120. The molecule has 0 aromatic rings. The second kappa shape index (κ2) is 5.28. The number of nitrogens with zero attached hydrogens (tertiary/aromatic N) is 1. The van der Waals surface area contributed by atoms with Gasteiger partial charge in [-0.3, -0.25) is 0 Å². The zero-order valence-electron chi connectivity index (χ0n) is 10.0. The van der Waals surface area contributed by atoms with E-state index in [1.807, 2.05) is 0 Å². The molecule has 2 unspecified atom stereocenters. The first-order valence-electron chi connectivity index (χ1n) is 6.27. The lowest BCUT2D eigenvalue weighted by molar-refractivity contribution is 0.124. The minimum Gasteiger partial charge on any atom is -0.380 e. The third-order valence-corrected chi connectivity index (χ3v) is 3.62. The fraction of sp³-hybridized carbons (Fsp3) is 1.00. The monoisotopic (exact) mass is 212 g/mol. The molecule has 0 aromatic carbocycles. The Morgan fingerprint density at radius 1 is 1.40 bits per heavy atom. The molecule has 1 saturated carbocycles. The Bertz CT molecular complexity index is 184. The van der Waals surface area contributed by atoms with E-state index in [4.69, 9.17) is 4.74 Å². The van der Waals surface area contributed by atoms with Gasteiger partial charge >= 0.3 is 0 Å². The van der Waals surface area contributed by atoms with Gasteiger partial charge in [-0.2, -0.15) is 0 Å². The van der Waals surface area contributed by atoms with Gasteiger partial charge in [0.05, 0.1) is 6.61 Å². The molecule has 0 amide bonds. The smallest absolute Gasteiger partial charge is 0.0591 e. The van der Waals surface area contributed by atoms with Crippen LogP contribution in [-0.2, 0) is 4.74 Å². The Labute approximate surface area is 93.2 Å². The standard InChI is InChI=1S/C12H24N2O/c1-10-7-12(8-14(10)2)13-5-6-15-9-11-3-4-11/h10-13H,3-9H2,1-2H3. The van der Waals surface area contributed by atoms with Crippen LogP contribution in [0.2, 0.25) is 0 Å². The maximum Gasteiger partial charge on any atom is 0.0591 e. The highest BCUT2D eigenvalue weighted by Crippen LogP contribution is 2.28. The fourth-order valence-corrected chi connectivity index (χ4v) is 2.21.